The van der Waals surface area contributed by atoms with Gasteiger partial charge in [0.15, 0.2) is 0 Å². The van der Waals surface area contributed by atoms with Gasteiger partial charge in [-0.05, 0) is 43.7 Å². The Hall–Kier alpha value is -2.04. The van der Waals surface area contributed by atoms with Crippen molar-refractivity contribution in [2.24, 2.45) is 5.73 Å². The minimum Gasteiger partial charge on any atom is -0.379 e. The average molecular weight is 334 g/mol. The maximum atomic E-state index is 11.7. The Kier molecular flexibility index (Phi) is 7.59. The van der Waals surface area contributed by atoms with Crippen molar-refractivity contribution in [3.05, 3.63) is 60.2 Å². The predicted octanol–water partition coefficient (Wildman–Crippen LogP) is 3.96. The minimum atomic E-state index is -0.132. The number of amides is 1. The monoisotopic (exact) mass is 333 g/mol. The summed E-state index contributed by atoms with van der Waals surface area (Å²) < 4.78 is 0. The summed E-state index contributed by atoms with van der Waals surface area (Å²) in [5.74, 6) is -0.0617. The van der Waals surface area contributed by atoms with E-state index in [0.29, 0.717) is 6.42 Å². The van der Waals surface area contributed by atoms with E-state index in [-0.39, 0.29) is 30.4 Å². The Bertz CT molecular complexity index is 599. The highest BCUT2D eigenvalue weighted by atomic mass is 35.5. The van der Waals surface area contributed by atoms with Gasteiger partial charge in [0.05, 0.1) is 0 Å². The van der Waals surface area contributed by atoms with Gasteiger partial charge in [-0.25, -0.2) is 0 Å². The molecular weight excluding hydrogens is 310 g/mol. The van der Waals surface area contributed by atoms with Crippen LogP contribution in [0.3, 0.4) is 0 Å². The fraction of sp³-hybridized carbons (Fsp3) is 0.278. The quantitative estimate of drug-likeness (QED) is 0.749. The maximum Gasteiger partial charge on any atom is 0.225 e. The number of carbonyl (C=O) groups excluding carboxylic acids is 1. The molecule has 0 saturated carbocycles. The van der Waals surface area contributed by atoms with Crippen LogP contribution in [-0.2, 0) is 4.79 Å². The SMILES string of the molecule is CC(N)CC(=O)Nc1ccc(NC(C)c2ccccc2)cc1.Cl. The van der Waals surface area contributed by atoms with Crippen LogP contribution in [0.2, 0.25) is 0 Å². The summed E-state index contributed by atoms with van der Waals surface area (Å²) in [4.78, 5) is 11.7. The summed E-state index contributed by atoms with van der Waals surface area (Å²) in [5.41, 5.74) is 8.64. The Morgan fingerprint density at radius 3 is 2.13 bits per heavy atom. The Morgan fingerprint density at radius 2 is 1.57 bits per heavy atom. The molecule has 1 amide bonds. The lowest BCUT2D eigenvalue weighted by atomic mass is 10.1. The molecule has 2 unspecified atom stereocenters. The number of hydrogen-bond donors (Lipinski definition) is 3. The fourth-order valence-electron chi connectivity index (χ4n) is 2.23. The molecule has 4 nitrogen and oxygen atoms in total. The van der Waals surface area contributed by atoms with Crippen LogP contribution in [0.4, 0.5) is 11.4 Å². The molecule has 0 spiro atoms. The topological polar surface area (TPSA) is 67.2 Å². The molecule has 0 aliphatic rings. The third kappa shape index (κ3) is 6.30. The van der Waals surface area contributed by atoms with Crippen LogP contribution in [-0.4, -0.2) is 11.9 Å². The number of hydrogen-bond acceptors (Lipinski definition) is 3. The van der Waals surface area contributed by atoms with Crippen molar-refractivity contribution >= 4 is 29.7 Å². The first-order chi connectivity index (χ1) is 10.5. The van der Waals surface area contributed by atoms with E-state index in [0.717, 1.165) is 11.4 Å². The molecule has 0 radical (unpaired) electrons. The standard InChI is InChI=1S/C18H23N3O.ClH/c1-13(19)12-18(22)21-17-10-8-16(9-11-17)20-14(2)15-6-4-3-5-7-15;/h3-11,13-14,20H,12,19H2,1-2H3,(H,21,22);1H. The van der Waals surface area contributed by atoms with E-state index in [1.54, 1.807) is 0 Å². The second kappa shape index (κ2) is 9.18. The van der Waals surface area contributed by atoms with E-state index in [9.17, 15) is 4.79 Å². The van der Waals surface area contributed by atoms with Gasteiger partial charge in [-0.3, -0.25) is 4.79 Å². The van der Waals surface area contributed by atoms with E-state index in [2.05, 4.69) is 29.7 Å². The number of nitrogens with two attached hydrogens (primary N) is 1. The molecule has 0 aliphatic heterocycles. The molecule has 23 heavy (non-hydrogen) atoms. The molecule has 124 valence electrons. The summed E-state index contributed by atoms with van der Waals surface area (Å²) in [6, 6.07) is 18.1. The zero-order valence-corrected chi connectivity index (χ0v) is 14.3. The second-order valence-corrected chi connectivity index (χ2v) is 5.58. The Labute approximate surface area is 143 Å². The second-order valence-electron chi connectivity index (χ2n) is 5.58. The highest BCUT2D eigenvalue weighted by Crippen LogP contribution is 2.20. The molecule has 0 heterocycles. The molecule has 4 N–H and O–H groups in total. The van der Waals surface area contributed by atoms with Gasteiger partial charge in [0.1, 0.15) is 0 Å². The van der Waals surface area contributed by atoms with Gasteiger partial charge >= 0.3 is 0 Å². The number of rotatable bonds is 6. The third-order valence-corrected chi connectivity index (χ3v) is 3.36. The number of anilines is 2. The van der Waals surface area contributed by atoms with Gasteiger partial charge in [-0.15, -0.1) is 12.4 Å². The first-order valence-corrected chi connectivity index (χ1v) is 7.51. The van der Waals surface area contributed by atoms with Crippen molar-refractivity contribution in [1.82, 2.24) is 0 Å². The lowest BCUT2D eigenvalue weighted by Crippen LogP contribution is -2.23. The van der Waals surface area contributed by atoms with Crippen LogP contribution in [0.25, 0.3) is 0 Å². The van der Waals surface area contributed by atoms with Crippen molar-refractivity contribution in [2.75, 3.05) is 10.6 Å². The summed E-state index contributed by atoms with van der Waals surface area (Å²) in [5, 5.41) is 6.28. The van der Waals surface area contributed by atoms with E-state index in [1.807, 2.05) is 49.4 Å². The van der Waals surface area contributed by atoms with Gasteiger partial charge < -0.3 is 16.4 Å². The average Bonchev–Trinajstić information content (AvgIpc) is 2.49. The molecule has 2 aromatic rings. The molecule has 2 atom stereocenters. The third-order valence-electron chi connectivity index (χ3n) is 3.36. The van der Waals surface area contributed by atoms with E-state index in [4.69, 9.17) is 5.73 Å². The molecule has 0 aromatic heterocycles. The summed E-state index contributed by atoms with van der Waals surface area (Å²) in [6.45, 7) is 3.94. The molecule has 0 bridgehead atoms. The van der Waals surface area contributed by atoms with Crippen LogP contribution in [0.5, 0.6) is 0 Å². The molecular formula is C18H24ClN3O. The van der Waals surface area contributed by atoms with Gasteiger partial charge in [0.2, 0.25) is 5.91 Å². The maximum absolute atomic E-state index is 11.7. The Balaban J connectivity index is 0.00000264. The van der Waals surface area contributed by atoms with Gasteiger partial charge in [0, 0.05) is 29.9 Å². The van der Waals surface area contributed by atoms with Crippen LogP contribution >= 0.6 is 12.4 Å². The van der Waals surface area contributed by atoms with Crippen LogP contribution < -0.4 is 16.4 Å². The number of nitrogens with one attached hydrogen (secondary N) is 2. The summed E-state index contributed by atoms with van der Waals surface area (Å²) in [6.07, 6.45) is 0.324. The van der Waals surface area contributed by atoms with Crippen LogP contribution in [0, 0.1) is 0 Å². The van der Waals surface area contributed by atoms with E-state index in [1.165, 1.54) is 5.56 Å². The minimum absolute atomic E-state index is 0. The van der Waals surface area contributed by atoms with Crippen LogP contribution in [0.15, 0.2) is 54.6 Å². The zero-order chi connectivity index (χ0) is 15.9. The van der Waals surface area contributed by atoms with Gasteiger partial charge in [-0.1, -0.05) is 30.3 Å². The zero-order valence-electron chi connectivity index (χ0n) is 13.5. The van der Waals surface area contributed by atoms with Crippen LogP contribution in [0.1, 0.15) is 31.9 Å². The number of halogens is 1. The Morgan fingerprint density at radius 1 is 1.00 bits per heavy atom. The van der Waals surface area contributed by atoms with Crippen molar-refractivity contribution in [3.63, 3.8) is 0 Å². The van der Waals surface area contributed by atoms with Gasteiger partial charge in [-0.2, -0.15) is 0 Å². The van der Waals surface area contributed by atoms with E-state index >= 15 is 0 Å². The van der Waals surface area contributed by atoms with Crippen molar-refractivity contribution < 1.29 is 4.79 Å². The van der Waals surface area contributed by atoms with Crippen molar-refractivity contribution in [3.8, 4) is 0 Å². The van der Waals surface area contributed by atoms with Crippen molar-refractivity contribution in [2.45, 2.75) is 32.4 Å². The molecule has 0 saturated heterocycles. The largest absolute Gasteiger partial charge is 0.379 e. The van der Waals surface area contributed by atoms with Gasteiger partial charge in [0.25, 0.3) is 0 Å². The van der Waals surface area contributed by atoms with Crippen molar-refractivity contribution in [1.29, 1.82) is 0 Å². The number of carbonyl (C=O) groups is 1. The lowest BCUT2D eigenvalue weighted by Gasteiger charge is -2.16. The first kappa shape index (κ1) is 19.0. The predicted molar refractivity (Wildman–Crippen MR) is 99.1 cm³/mol. The smallest absolute Gasteiger partial charge is 0.225 e. The molecule has 0 fully saturated rings. The molecule has 0 aliphatic carbocycles. The fourth-order valence-corrected chi connectivity index (χ4v) is 2.23. The van der Waals surface area contributed by atoms with E-state index < -0.39 is 0 Å². The first-order valence-electron chi connectivity index (χ1n) is 7.51. The normalized spacial score (nSPS) is 12.7. The highest BCUT2D eigenvalue weighted by molar-refractivity contribution is 5.91. The molecule has 2 rings (SSSR count). The molecule has 5 heteroatoms. The summed E-state index contributed by atoms with van der Waals surface area (Å²) >= 11 is 0. The number of benzene rings is 2. The summed E-state index contributed by atoms with van der Waals surface area (Å²) in [7, 11) is 0. The highest BCUT2D eigenvalue weighted by Gasteiger charge is 2.07. The lowest BCUT2D eigenvalue weighted by molar-refractivity contribution is -0.116. The molecule has 2 aromatic carbocycles.